The largest absolute Gasteiger partial charge is 0.493 e. The number of nitrogens with one attached hydrogen (secondary N) is 1. The van der Waals surface area contributed by atoms with E-state index < -0.39 is 17.8 Å². The Hall–Kier alpha value is -3.07. The van der Waals surface area contributed by atoms with Crippen LogP contribution in [0, 0.1) is 0 Å². The van der Waals surface area contributed by atoms with Gasteiger partial charge in [-0.1, -0.05) is 15.9 Å². The highest BCUT2D eigenvalue weighted by atomic mass is 79.9. The molecule has 1 aliphatic rings. The molecule has 1 aromatic carbocycles. The molecule has 2 heterocycles. The number of hydrogen-bond acceptors (Lipinski definition) is 6. The summed E-state index contributed by atoms with van der Waals surface area (Å²) in [6.45, 7) is 2.21. The van der Waals surface area contributed by atoms with Crippen LogP contribution in [0.15, 0.2) is 45.0 Å². The Balaban J connectivity index is 1.96. The maximum absolute atomic E-state index is 12.8. The Morgan fingerprint density at radius 1 is 1.25 bits per heavy atom. The van der Waals surface area contributed by atoms with Gasteiger partial charge in [0.15, 0.2) is 11.5 Å². The summed E-state index contributed by atoms with van der Waals surface area (Å²) < 4.78 is 16.6. The average Bonchev–Trinajstić information content (AvgIpc) is 3.17. The lowest BCUT2D eigenvalue weighted by molar-refractivity contribution is -0.130. The number of barbiturate groups is 1. The minimum absolute atomic E-state index is 0.0872. The van der Waals surface area contributed by atoms with Crippen LogP contribution in [0.5, 0.6) is 11.5 Å². The molecule has 0 radical (unpaired) electrons. The number of furan rings is 1. The van der Waals surface area contributed by atoms with Gasteiger partial charge in [0.2, 0.25) is 0 Å². The quantitative estimate of drug-likeness (QED) is 0.538. The second-order valence-corrected chi connectivity index (χ2v) is 6.60. The van der Waals surface area contributed by atoms with E-state index in [4.69, 9.17) is 13.9 Å². The van der Waals surface area contributed by atoms with Crippen molar-refractivity contribution in [3.8, 4) is 11.5 Å². The lowest BCUT2D eigenvalue weighted by atomic mass is 10.1. The Labute approximate surface area is 169 Å². The minimum Gasteiger partial charge on any atom is -0.493 e. The number of benzene rings is 1. The molecule has 0 atom stereocenters. The van der Waals surface area contributed by atoms with E-state index in [1.807, 2.05) is 6.92 Å². The van der Waals surface area contributed by atoms with Gasteiger partial charge in [-0.05, 0) is 42.8 Å². The van der Waals surface area contributed by atoms with Crippen molar-refractivity contribution >= 4 is 39.9 Å². The van der Waals surface area contributed by atoms with E-state index in [2.05, 4.69) is 21.2 Å². The minimum atomic E-state index is -0.799. The lowest BCUT2D eigenvalue weighted by Gasteiger charge is -2.25. The van der Waals surface area contributed by atoms with Crippen molar-refractivity contribution in [1.82, 2.24) is 10.2 Å². The molecule has 2 aromatic rings. The first-order chi connectivity index (χ1) is 13.4. The second-order valence-electron chi connectivity index (χ2n) is 5.75. The number of imide groups is 2. The molecule has 1 fully saturated rings. The summed E-state index contributed by atoms with van der Waals surface area (Å²) in [6.07, 6.45) is 2.83. The molecule has 0 bridgehead atoms. The molecule has 1 aliphatic heterocycles. The first-order valence-corrected chi connectivity index (χ1v) is 9.15. The van der Waals surface area contributed by atoms with Crippen molar-refractivity contribution in [3.63, 3.8) is 0 Å². The molecule has 1 saturated heterocycles. The van der Waals surface area contributed by atoms with Gasteiger partial charge in [-0.15, -0.1) is 0 Å². The molecule has 0 unspecified atom stereocenters. The van der Waals surface area contributed by atoms with Crippen LogP contribution in [0.25, 0.3) is 6.08 Å². The monoisotopic (exact) mass is 448 g/mol. The van der Waals surface area contributed by atoms with Gasteiger partial charge in [-0.3, -0.25) is 19.8 Å². The van der Waals surface area contributed by atoms with Crippen LogP contribution < -0.4 is 14.8 Å². The molecule has 3 rings (SSSR count). The molecular weight excluding hydrogens is 432 g/mol. The maximum Gasteiger partial charge on any atom is 0.331 e. The van der Waals surface area contributed by atoms with Gasteiger partial charge < -0.3 is 13.9 Å². The van der Waals surface area contributed by atoms with Crippen molar-refractivity contribution < 1.29 is 28.3 Å². The van der Waals surface area contributed by atoms with E-state index in [9.17, 15) is 14.4 Å². The number of nitrogens with zero attached hydrogens (tertiary/aromatic N) is 1. The van der Waals surface area contributed by atoms with E-state index in [1.165, 1.54) is 19.4 Å². The van der Waals surface area contributed by atoms with Crippen LogP contribution in [0.2, 0.25) is 0 Å². The zero-order valence-corrected chi connectivity index (χ0v) is 16.7. The van der Waals surface area contributed by atoms with Gasteiger partial charge in [0, 0.05) is 4.47 Å². The number of halogens is 1. The van der Waals surface area contributed by atoms with Gasteiger partial charge in [0.25, 0.3) is 11.8 Å². The Kier molecular flexibility index (Phi) is 5.84. The van der Waals surface area contributed by atoms with E-state index >= 15 is 0 Å². The van der Waals surface area contributed by atoms with Gasteiger partial charge in [-0.25, -0.2) is 4.79 Å². The number of rotatable bonds is 6. The molecule has 1 aromatic heterocycles. The van der Waals surface area contributed by atoms with Gasteiger partial charge in [0.1, 0.15) is 11.3 Å². The second kappa shape index (κ2) is 8.30. The summed E-state index contributed by atoms with van der Waals surface area (Å²) in [5, 5.41) is 2.17. The zero-order chi connectivity index (χ0) is 20.3. The maximum atomic E-state index is 12.8. The van der Waals surface area contributed by atoms with Crippen LogP contribution in [-0.2, 0) is 16.1 Å². The highest BCUT2D eigenvalue weighted by Gasteiger charge is 2.36. The third kappa shape index (κ3) is 3.94. The number of ether oxygens (including phenoxy) is 2. The molecule has 0 spiro atoms. The van der Waals surface area contributed by atoms with Crippen LogP contribution in [0.1, 0.15) is 18.2 Å². The van der Waals surface area contributed by atoms with E-state index in [0.717, 1.165) is 4.90 Å². The molecule has 146 valence electrons. The number of hydrogen-bond donors (Lipinski definition) is 1. The predicted octanol–water partition coefficient (Wildman–Crippen LogP) is 3.11. The van der Waals surface area contributed by atoms with Gasteiger partial charge in [-0.2, -0.15) is 0 Å². The predicted molar refractivity (Wildman–Crippen MR) is 103 cm³/mol. The third-order valence-corrected chi connectivity index (χ3v) is 4.65. The molecule has 8 nitrogen and oxygen atoms in total. The van der Waals surface area contributed by atoms with Crippen LogP contribution >= 0.6 is 15.9 Å². The highest BCUT2D eigenvalue weighted by Crippen LogP contribution is 2.35. The zero-order valence-electron chi connectivity index (χ0n) is 15.2. The summed E-state index contributed by atoms with van der Waals surface area (Å²) in [7, 11) is 1.49. The summed E-state index contributed by atoms with van der Waals surface area (Å²) in [5.41, 5.74) is 0.337. The first-order valence-electron chi connectivity index (χ1n) is 8.36. The molecule has 0 saturated carbocycles. The van der Waals surface area contributed by atoms with Crippen LogP contribution in [0.3, 0.4) is 0 Å². The molecule has 1 N–H and O–H groups in total. The van der Waals surface area contributed by atoms with Gasteiger partial charge in [0.05, 0.1) is 26.5 Å². The lowest BCUT2D eigenvalue weighted by Crippen LogP contribution is -2.53. The van der Waals surface area contributed by atoms with E-state index in [0.29, 0.717) is 33.9 Å². The molecular formula is C19H17BrN2O6. The fourth-order valence-electron chi connectivity index (χ4n) is 2.64. The molecule has 4 amide bonds. The molecule has 9 heteroatoms. The Morgan fingerprint density at radius 3 is 2.68 bits per heavy atom. The van der Waals surface area contributed by atoms with Crippen molar-refractivity contribution in [1.29, 1.82) is 0 Å². The topological polar surface area (TPSA) is 98.1 Å². The first kappa shape index (κ1) is 19.7. The summed E-state index contributed by atoms with van der Waals surface area (Å²) in [5.74, 6) is -0.103. The number of carbonyl (C=O) groups excluding carboxylic acids is 3. The van der Waals surface area contributed by atoms with Crippen molar-refractivity contribution in [2.24, 2.45) is 0 Å². The normalized spacial score (nSPS) is 15.8. The van der Waals surface area contributed by atoms with E-state index in [-0.39, 0.29) is 12.1 Å². The summed E-state index contributed by atoms with van der Waals surface area (Å²) in [4.78, 5) is 38.0. The fraction of sp³-hybridized carbons (Fsp3) is 0.211. The number of methoxy groups -OCH3 is 1. The number of urea groups is 1. The van der Waals surface area contributed by atoms with Crippen molar-refractivity contribution in [2.75, 3.05) is 13.7 Å². The average molecular weight is 449 g/mol. The summed E-state index contributed by atoms with van der Waals surface area (Å²) in [6, 6.07) is 5.80. The Morgan fingerprint density at radius 2 is 2.04 bits per heavy atom. The van der Waals surface area contributed by atoms with Gasteiger partial charge >= 0.3 is 6.03 Å². The fourth-order valence-corrected chi connectivity index (χ4v) is 3.08. The Bertz CT molecular complexity index is 952. The highest BCUT2D eigenvalue weighted by molar-refractivity contribution is 9.10. The van der Waals surface area contributed by atoms with Crippen LogP contribution in [0.4, 0.5) is 4.79 Å². The molecule has 0 aliphatic carbocycles. The smallest absolute Gasteiger partial charge is 0.331 e. The SMILES string of the molecule is CCOc1cc(Br)c(/C=C2\C(=O)NC(=O)N(Cc3ccco3)C2=O)cc1OC. The standard InChI is InChI=1S/C19H17BrN2O6/c1-3-27-16-9-14(20)11(8-15(16)26-2)7-13-17(23)21-19(25)22(18(13)24)10-12-5-4-6-28-12/h4-9H,3,10H2,1-2H3,(H,21,23,25)/b13-7+. The third-order valence-electron chi connectivity index (χ3n) is 3.96. The van der Waals surface area contributed by atoms with Crippen LogP contribution in [-0.4, -0.2) is 36.5 Å². The van der Waals surface area contributed by atoms with E-state index in [1.54, 1.807) is 24.3 Å². The van der Waals surface area contributed by atoms with Crippen molar-refractivity contribution in [3.05, 3.63) is 51.9 Å². The van der Waals surface area contributed by atoms with Crippen molar-refractivity contribution in [2.45, 2.75) is 13.5 Å². The molecule has 28 heavy (non-hydrogen) atoms. The number of amides is 4. The summed E-state index contributed by atoms with van der Waals surface area (Å²) >= 11 is 3.40. The number of carbonyl (C=O) groups is 3.